The lowest BCUT2D eigenvalue weighted by atomic mass is 10.0. The number of aliphatic hydroxyl groups is 5. The van der Waals surface area contributed by atoms with Crippen LogP contribution in [0.5, 0.6) is 0 Å². The van der Waals surface area contributed by atoms with E-state index in [1.54, 1.807) is 12.1 Å². The van der Waals surface area contributed by atoms with Gasteiger partial charge in [0.1, 0.15) is 43.0 Å². The Morgan fingerprint density at radius 3 is 2.07 bits per heavy atom. The fraction of sp³-hybridized carbons (Fsp3) is 0.500. The minimum atomic E-state index is -1.98. The second-order valence-electron chi connectivity index (χ2n) is 16.2. The number of carbonyl (C=O) groups is 9. The highest BCUT2D eigenvalue weighted by molar-refractivity contribution is 8.76. The number of nitrogen functional groups attached to an aromatic ring is 1. The van der Waals surface area contributed by atoms with E-state index < -0.39 is 134 Å². The normalized spacial score (nSPS) is 14.3. The average molecular weight is 1100 g/mol. The highest BCUT2D eigenvalue weighted by Gasteiger charge is 2.32. The van der Waals surface area contributed by atoms with Gasteiger partial charge in [-0.3, -0.25) is 39.6 Å². The molecule has 0 unspecified atom stereocenters. The van der Waals surface area contributed by atoms with Gasteiger partial charge >= 0.3 is 24.0 Å². The number of H-pyrrole nitrogens is 1. The van der Waals surface area contributed by atoms with Crippen LogP contribution in [0.2, 0.25) is 0 Å². The molecule has 2 heterocycles. The number of carbonyl (C=O) groups excluding carboxylic acids is 6. The van der Waals surface area contributed by atoms with Crippen LogP contribution < -0.4 is 48.7 Å². The van der Waals surface area contributed by atoms with Crippen LogP contribution in [0, 0.1) is 11.3 Å². The van der Waals surface area contributed by atoms with Crippen molar-refractivity contribution in [3.63, 3.8) is 0 Å². The number of nitrogens with zero attached hydrogens (tertiary/aromatic N) is 3. The summed E-state index contributed by atoms with van der Waals surface area (Å²) in [5, 5.41) is 97.0. The number of hydrazine groups is 1. The molecule has 8 atom stereocenters. The zero-order chi connectivity index (χ0) is 55.8. The number of aromatic amines is 1. The Hall–Kier alpha value is -7.43. The van der Waals surface area contributed by atoms with Gasteiger partial charge < -0.3 is 82.9 Å². The van der Waals surface area contributed by atoms with Crippen LogP contribution in [0.1, 0.15) is 61.5 Å². The van der Waals surface area contributed by atoms with Gasteiger partial charge in [0.05, 0.1) is 31.1 Å². The van der Waals surface area contributed by atoms with Crippen LogP contribution in [0.3, 0.4) is 0 Å². The fourth-order valence-electron chi connectivity index (χ4n) is 6.12. The van der Waals surface area contributed by atoms with E-state index in [-0.39, 0.29) is 72.1 Å². The SMILES string of the molecule is C[C@@H](CCC(=O)O)C(=O)N[C@@H](CCC(=O)NC[C@H](O)[C@@H](O)[C@H](O)[C@H](O)CO)C(=O)N[C@@H](CSSCCOC(=O)NNC(=O)CC[C@H](NC(=O)c1ccc(NCc2cnc3nc(N)[nH]c(=N)c3n2)cc1)C(=O)O)C(=O)O. The van der Waals surface area contributed by atoms with Gasteiger partial charge in [0.15, 0.2) is 16.7 Å². The van der Waals surface area contributed by atoms with Crippen LogP contribution in [0.25, 0.3) is 11.2 Å². The first-order valence-corrected chi connectivity index (χ1v) is 25.0. The molecule has 75 heavy (non-hydrogen) atoms. The molecule has 33 heteroatoms. The molecule has 0 bridgehead atoms. The van der Waals surface area contributed by atoms with E-state index in [1.165, 1.54) is 25.3 Å². The number of ether oxygens (including phenoxy) is 1. The van der Waals surface area contributed by atoms with E-state index in [0.29, 0.717) is 11.4 Å². The van der Waals surface area contributed by atoms with E-state index in [2.05, 4.69) is 46.5 Å². The number of hydrogen-bond donors (Lipinski definition) is 18. The first-order chi connectivity index (χ1) is 35.5. The molecule has 0 fully saturated rings. The number of aliphatic carboxylic acids is 3. The van der Waals surface area contributed by atoms with E-state index in [4.69, 9.17) is 26.1 Å². The Labute approximate surface area is 432 Å². The summed E-state index contributed by atoms with van der Waals surface area (Å²) < 4.78 is 4.95. The molecular formula is C42H59N13O18S2. The molecule has 412 valence electrons. The van der Waals surface area contributed by atoms with Crippen molar-refractivity contribution >= 4 is 97.9 Å². The third-order valence-electron chi connectivity index (χ3n) is 10.4. The Kier molecular flexibility index (Phi) is 25.8. The van der Waals surface area contributed by atoms with Crippen molar-refractivity contribution < 1.29 is 88.7 Å². The molecular weight excluding hydrogens is 1040 g/mol. The molecule has 0 saturated heterocycles. The molecule has 0 aliphatic rings. The molecule has 1 aromatic carbocycles. The summed E-state index contributed by atoms with van der Waals surface area (Å²) in [6, 6.07) is 1.42. The summed E-state index contributed by atoms with van der Waals surface area (Å²) in [6.45, 7) is -0.258. The van der Waals surface area contributed by atoms with Gasteiger partial charge in [-0.2, -0.15) is 4.98 Å². The predicted molar refractivity (Wildman–Crippen MR) is 262 cm³/mol. The molecule has 31 nitrogen and oxygen atoms in total. The van der Waals surface area contributed by atoms with Crippen molar-refractivity contribution in [2.24, 2.45) is 5.92 Å². The lowest BCUT2D eigenvalue weighted by Gasteiger charge is -2.26. The Morgan fingerprint density at radius 2 is 1.41 bits per heavy atom. The second kappa shape index (κ2) is 31.3. The second-order valence-corrected chi connectivity index (χ2v) is 18.8. The molecule has 3 rings (SSSR count). The van der Waals surface area contributed by atoms with Gasteiger partial charge in [-0.15, -0.1) is 0 Å². The van der Waals surface area contributed by atoms with Crippen LogP contribution in [-0.2, 0) is 44.8 Å². The Morgan fingerprint density at radius 1 is 0.773 bits per heavy atom. The summed E-state index contributed by atoms with van der Waals surface area (Å²) in [5.41, 5.74) is 11.1. The molecule has 0 saturated carbocycles. The van der Waals surface area contributed by atoms with E-state index >= 15 is 0 Å². The topological polar surface area (TPSA) is 513 Å². The number of carboxylic acid groups (broad SMARTS) is 3. The standard InChI is InChI=1S/C42H59N13O18S2/c1-19(2-11-30(61)62)36(65)49-23(7-9-28(59)46-16-26(57)32(63)33(64)27(58)17-56)38(67)51-25(40(70)71)18-75-74-13-12-73-42(72)55-54-29(60)10-8-24(39(68)69)50-37(66)20-3-5-21(6-4-20)45-14-22-15-47-35-31(48-22)34(43)52-41(44)53-35/h3-6,15,19,23-27,32-33,45,56-58,63-64H,2,7-14,16-18H2,1H3,(H,46,59)(H,49,65)(H,50,66)(H,51,67)(H,54,60)(H,55,72)(H,61,62)(H,68,69)(H,70,71)(H4,43,44,47,52,53)/t19-,23-,24-,25-,26-,27+,32+,33+/m0/s1. The minimum Gasteiger partial charge on any atom is -0.481 e. The van der Waals surface area contributed by atoms with Crippen molar-refractivity contribution in [3.05, 3.63) is 47.2 Å². The Balaban J connectivity index is 1.40. The van der Waals surface area contributed by atoms with E-state index in [9.17, 15) is 73.8 Å². The third-order valence-corrected chi connectivity index (χ3v) is 12.8. The van der Waals surface area contributed by atoms with Gasteiger partial charge in [0, 0.05) is 54.5 Å². The van der Waals surface area contributed by atoms with Crippen molar-refractivity contribution in [1.29, 1.82) is 5.41 Å². The maximum Gasteiger partial charge on any atom is 0.426 e. The number of fused-ring (bicyclic) bond motifs is 1. The monoisotopic (exact) mass is 1100 g/mol. The highest BCUT2D eigenvalue weighted by atomic mass is 33.1. The summed E-state index contributed by atoms with van der Waals surface area (Å²) in [5.74, 6) is -9.41. The number of nitrogens with two attached hydrogens (primary N) is 1. The molecule has 19 N–H and O–H groups in total. The van der Waals surface area contributed by atoms with E-state index in [1.807, 2.05) is 10.9 Å². The molecule has 2 aromatic heterocycles. The summed E-state index contributed by atoms with van der Waals surface area (Å²) >= 11 is 0. The fourth-order valence-corrected chi connectivity index (χ4v) is 8.10. The van der Waals surface area contributed by atoms with Crippen molar-refractivity contribution in [2.75, 3.05) is 42.3 Å². The van der Waals surface area contributed by atoms with Gasteiger partial charge in [-0.1, -0.05) is 28.5 Å². The van der Waals surface area contributed by atoms with Crippen molar-refractivity contribution in [2.45, 2.75) is 94.5 Å². The smallest absolute Gasteiger partial charge is 0.426 e. The van der Waals surface area contributed by atoms with Crippen LogP contribution in [-0.4, -0.2) is 188 Å². The predicted octanol–water partition coefficient (Wildman–Crippen LogP) is -3.98. The van der Waals surface area contributed by atoms with Gasteiger partial charge in [0.25, 0.3) is 5.91 Å². The zero-order valence-corrected chi connectivity index (χ0v) is 41.5. The molecule has 3 aromatic rings. The number of anilines is 2. The number of amides is 6. The number of aliphatic hydroxyl groups excluding tert-OH is 5. The van der Waals surface area contributed by atoms with Crippen molar-refractivity contribution in [1.82, 2.24) is 52.1 Å². The number of rotatable bonds is 32. The lowest BCUT2D eigenvalue weighted by Crippen LogP contribution is -2.53. The van der Waals surface area contributed by atoms with Crippen LogP contribution in [0.15, 0.2) is 30.5 Å². The third kappa shape index (κ3) is 21.9. The maximum atomic E-state index is 13.3. The van der Waals surface area contributed by atoms with Crippen LogP contribution >= 0.6 is 21.6 Å². The summed E-state index contributed by atoms with van der Waals surface area (Å²) in [4.78, 5) is 126. The van der Waals surface area contributed by atoms with Gasteiger partial charge in [-0.05, 0) is 43.5 Å². The number of hydrogen-bond acceptors (Lipinski definition) is 23. The van der Waals surface area contributed by atoms with Gasteiger partial charge in [0.2, 0.25) is 29.6 Å². The van der Waals surface area contributed by atoms with Gasteiger partial charge in [-0.25, -0.2) is 29.8 Å². The quantitative estimate of drug-likeness (QED) is 0.0161. The van der Waals surface area contributed by atoms with E-state index in [0.717, 1.165) is 21.6 Å². The molecule has 6 amide bonds. The highest BCUT2D eigenvalue weighted by Crippen LogP contribution is 2.22. The molecule has 0 aliphatic carbocycles. The average Bonchev–Trinajstić information content (AvgIpc) is 3.37. The Bertz CT molecular complexity index is 2530. The summed E-state index contributed by atoms with van der Waals surface area (Å²) in [7, 11) is 1.96. The zero-order valence-electron chi connectivity index (χ0n) is 39.9. The largest absolute Gasteiger partial charge is 0.481 e. The minimum absolute atomic E-state index is 0.0202. The molecule has 0 spiro atoms. The first-order valence-electron chi connectivity index (χ1n) is 22.5. The lowest BCUT2D eigenvalue weighted by molar-refractivity contribution is -0.142. The number of carboxylic acids is 3. The van der Waals surface area contributed by atoms with Crippen molar-refractivity contribution in [3.8, 4) is 0 Å². The number of benzene rings is 1. The molecule has 0 radical (unpaired) electrons. The number of aromatic nitrogens is 4. The molecule has 0 aliphatic heterocycles. The maximum absolute atomic E-state index is 13.3. The first kappa shape index (κ1) is 61.9. The van der Waals surface area contributed by atoms with Crippen LogP contribution in [0.4, 0.5) is 16.4 Å². The number of nitrogens with one attached hydrogen (secondary N) is 9. The summed E-state index contributed by atoms with van der Waals surface area (Å²) in [6.07, 6.45) is -9.44.